The molecule has 0 radical (unpaired) electrons. The van der Waals surface area contributed by atoms with Crippen molar-refractivity contribution in [1.29, 1.82) is 0 Å². The molecule has 0 amide bonds. The van der Waals surface area contributed by atoms with E-state index < -0.39 is 0 Å². The number of carbonyl (C=O) groups excluding carboxylic acids is 2. The molecule has 3 heteroatoms. The first-order valence-electron chi connectivity index (χ1n) is 5.67. The molecule has 0 N–H and O–H groups in total. The van der Waals surface area contributed by atoms with Gasteiger partial charge in [0.1, 0.15) is 6.29 Å². The van der Waals surface area contributed by atoms with Crippen LogP contribution in [0.25, 0.3) is 0 Å². The maximum Gasteiger partial charge on any atom is 0.310 e. The average molecular weight is 212 g/mol. The number of hydrogen-bond donors (Lipinski definition) is 0. The van der Waals surface area contributed by atoms with Crippen molar-refractivity contribution in [2.45, 2.75) is 40.0 Å². The van der Waals surface area contributed by atoms with E-state index in [0.717, 1.165) is 25.5 Å². The minimum Gasteiger partial charge on any atom is -0.465 e. The number of hydrogen-bond acceptors (Lipinski definition) is 3. The Balaban J connectivity index is 2.27. The quantitative estimate of drug-likeness (QED) is 0.385. The number of aldehydes is 1. The van der Waals surface area contributed by atoms with Crippen LogP contribution in [0.1, 0.15) is 40.0 Å². The van der Waals surface area contributed by atoms with Gasteiger partial charge in [0, 0.05) is 5.92 Å². The van der Waals surface area contributed by atoms with Crippen LogP contribution < -0.4 is 0 Å². The van der Waals surface area contributed by atoms with Gasteiger partial charge in [0.2, 0.25) is 0 Å². The molecular weight excluding hydrogens is 192 g/mol. The third-order valence-corrected chi connectivity index (χ3v) is 3.30. The van der Waals surface area contributed by atoms with Crippen molar-refractivity contribution in [3.8, 4) is 0 Å². The van der Waals surface area contributed by atoms with E-state index in [9.17, 15) is 9.59 Å². The summed E-state index contributed by atoms with van der Waals surface area (Å²) in [5.41, 5.74) is -0.191. The molecule has 86 valence electrons. The predicted molar refractivity (Wildman–Crippen MR) is 57.3 cm³/mol. The maximum absolute atomic E-state index is 11.6. The standard InChI is InChI=1S/C12H20O3/c1-4-5-6-7-15-11(14)10-9(8-13)12(10,2)3/h8-10H,4-7H2,1-3H3/t9-,10+/m0/s1. The van der Waals surface area contributed by atoms with Crippen molar-refractivity contribution in [1.82, 2.24) is 0 Å². The summed E-state index contributed by atoms with van der Waals surface area (Å²) in [7, 11) is 0. The van der Waals surface area contributed by atoms with Gasteiger partial charge in [0.05, 0.1) is 12.5 Å². The van der Waals surface area contributed by atoms with Gasteiger partial charge < -0.3 is 9.53 Å². The fraction of sp³-hybridized carbons (Fsp3) is 0.833. The molecule has 2 atom stereocenters. The van der Waals surface area contributed by atoms with Crippen molar-refractivity contribution in [2.24, 2.45) is 17.3 Å². The summed E-state index contributed by atoms with van der Waals surface area (Å²) in [6.45, 7) is 6.47. The molecule has 1 fully saturated rings. The monoisotopic (exact) mass is 212 g/mol. The molecule has 1 saturated carbocycles. The number of esters is 1. The molecule has 15 heavy (non-hydrogen) atoms. The third-order valence-electron chi connectivity index (χ3n) is 3.30. The van der Waals surface area contributed by atoms with Crippen LogP contribution in [0.3, 0.4) is 0 Å². The summed E-state index contributed by atoms with van der Waals surface area (Å²) >= 11 is 0. The zero-order valence-corrected chi connectivity index (χ0v) is 9.79. The van der Waals surface area contributed by atoms with Crippen molar-refractivity contribution in [3.63, 3.8) is 0 Å². The van der Waals surface area contributed by atoms with Crippen LogP contribution in [0, 0.1) is 17.3 Å². The lowest BCUT2D eigenvalue weighted by Gasteiger charge is -2.04. The largest absolute Gasteiger partial charge is 0.465 e. The first kappa shape index (κ1) is 12.2. The molecular formula is C12H20O3. The minimum absolute atomic E-state index is 0.142. The molecule has 0 saturated heterocycles. The Hall–Kier alpha value is -0.860. The van der Waals surface area contributed by atoms with E-state index in [-0.39, 0.29) is 23.2 Å². The van der Waals surface area contributed by atoms with Crippen LogP contribution in [0.15, 0.2) is 0 Å². The fourth-order valence-electron chi connectivity index (χ4n) is 2.00. The topological polar surface area (TPSA) is 43.4 Å². The Morgan fingerprint density at radius 1 is 1.40 bits per heavy atom. The van der Waals surface area contributed by atoms with Gasteiger partial charge >= 0.3 is 5.97 Å². The highest BCUT2D eigenvalue weighted by molar-refractivity contribution is 5.84. The van der Waals surface area contributed by atoms with Crippen LogP contribution in [-0.2, 0) is 14.3 Å². The van der Waals surface area contributed by atoms with E-state index >= 15 is 0 Å². The normalized spacial score (nSPS) is 27.1. The molecule has 0 heterocycles. The summed E-state index contributed by atoms with van der Waals surface area (Å²) in [5.74, 6) is -0.555. The van der Waals surface area contributed by atoms with Crippen molar-refractivity contribution in [3.05, 3.63) is 0 Å². The van der Waals surface area contributed by atoms with E-state index in [1.807, 2.05) is 13.8 Å². The van der Waals surface area contributed by atoms with Crippen LogP contribution >= 0.6 is 0 Å². The van der Waals surface area contributed by atoms with Crippen molar-refractivity contribution in [2.75, 3.05) is 6.61 Å². The summed E-state index contributed by atoms with van der Waals surface area (Å²) in [6.07, 6.45) is 3.99. The second kappa shape index (κ2) is 4.77. The van der Waals surface area contributed by atoms with Crippen LogP contribution in [0.5, 0.6) is 0 Å². The van der Waals surface area contributed by atoms with Gasteiger partial charge in [-0.2, -0.15) is 0 Å². The number of ether oxygens (including phenoxy) is 1. The number of rotatable bonds is 6. The lowest BCUT2D eigenvalue weighted by molar-refractivity contribution is -0.146. The molecule has 3 nitrogen and oxygen atoms in total. The molecule has 0 aliphatic heterocycles. The highest BCUT2D eigenvalue weighted by atomic mass is 16.5. The first-order valence-corrected chi connectivity index (χ1v) is 5.67. The average Bonchev–Trinajstić information content (AvgIpc) is 2.75. The molecule has 1 aliphatic carbocycles. The molecule has 0 aromatic rings. The molecule has 0 aromatic carbocycles. The molecule has 0 bridgehead atoms. The first-order chi connectivity index (χ1) is 7.05. The molecule has 0 aromatic heterocycles. The second-order valence-corrected chi connectivity index (χ2v) is 4.84. The predicted octanol–water partition coefficient (Wildman–Crippen LogP) is 2.19. The highest BCUT2D eigenvalue weighted by Gasteiger charge is 2.62. The number of unbranched alkanes of at least 4 members (excludes halogenated alkanes) is 2. The van der Waals surface area contributed by atoms with E-state index in [4.69, 9.17) is 4.74 Å². The fourth-order valence-corrected chi connectivity index (χ4v) is 2.00. The summed E-state index contributed by atoms with van der Waals surface area (Å²) < 4.78 is 5.14. The molecule has 0 unspecified atom stereocenters. The lowest BCUT2D eigenvalue weighted by Crippen LogP contribution is -2.11. The summed E-state index contributed by atoms with van der Waals surface area (Å²) in [5, 5.41) is 0. The molecule has 1 rings (SSSR count). The smallest absolute Gasteiger partial charge is 0.310 e. The Kier molecular flexibility index (Phi) is 3.89. The van der Waals surface area contributed by atoms with Crippen LogP contribution in [0.2, 0.25) is 0 Å². The summed E-state index contributed by atoms with van der Waals surface area (Å²) in [6, 6.07) is 0. The highest BCUT2D eigenvalue weighted by Crippen LogP contribution is 2.57. The van der Waals surface area contributed by atoms with Gasteiger partial charge in [-0.15, -0.1) is 0 Å². The Morgan fingerprint density at radius 2 is 2.07 bits per heavy atom. The van der Waals surface area contributed by atoms with Gasteiger partial charge in [-0.05, 0) is 11.8 Å². The second-order valence-electron chi connectivity index (χ2n) is 4.84. The molecule has 1 aliphatic rings. The van der Waals surface area contributed by atoms with Gasteiger partial charge in [0.15, 0.2) is 0 Å². The lowest BCUT2D eigenvalue weighted by atomic mass is 10.1. The van der Waals surface area contributed by atoms with Crippen molar-refractivity contribution < 1.29 is 14.3 Å². The zero-order chi connectivity index (χ0) is 11.5. The van der Waals surface area contributed by atoms with Crippen molar-refractivity contribution >= 4 is 12.3 Å². The SMILES string of the molecule is CCCCCOC(=O)[C@H]1[C@H](C=O)C1(C)C. The van der Waals surface area contributed by atoms with E-state index in [1.54, 1.807) is 0 Å². The zero-order valence-electron chi connectivity index (χ0n) is 9.79. The van der Waals surface area contributed by atoms with Gasteiger partial charge in [0.25, 0.3) is 0 Å². The van der Waals surface area contributed by atoms with E-state index in [2.05, 4.69) is 6.92 Å². The Labute approximate surface area is 91.2 Å². The van der Waals surface area contributed by atoms with Gasteiger partial charge in [-0.25, -0.2) is 0 Å². The minimum atomic E-state index is -0.211. The Bertz CT molecular complexity index is 245. The van der Waals surface area contributed by atoms with E-state index in [1.165, 1.54) is 0 Å². The number of carbonyl (C=O) groups is 2. The maximum atomic E-state index is 11.6. The molecule has 0 spiro atoms. The van der Waals surface area contributed by atoms with Gasteiger partial charge in [-0.1, -0.05) is 33.6 Å². The van der Waals surface area contributed by atoms with E-state index in [0.29, 0.717) is 6.61 Å². The summed E-state index contributed by atoms with van der Waals surface area (Å²) in [4.78, 5) is 22.2. The van der Waals surface area contributed by atoms with Crippen LogP contribution in [0.4, 0.5) is 0 Å². The third kappa shape index (κ3) is 2.58. The Morgan fingerprint density at radius 3 is 2.53 bits per heavy atom. The van der Waals surface area contributed by atoms with Crippen LogP contribution in [-0.4, -0.2) is 18.9 Å². The van der Waals surface area contributed by atoms with Gasteiger partial charge in [-0.3, -0.25) is 4.79 Å².